The van der Waals surface area contributed by atoms with E-state index in [1.54, 1.807) is 12.1 Å². The highest BCUT2D eigenvalue weighted by Gasteiger charge is 2.08. The van der Waals surface area contributed by atoms with E-state index in [1.807, 2.05) is 0 Å². The van der Waals surface area contributed by atoms with Crippen LogP contribution >= 0.6 is 15.9 Å². The lowest BCUT2D eigenvalue weighted by Gasteiger charge is -2.09. The maximum absolute atomic E-state index is 10.5. The van der Waals surface area contributed by atoms with Gasteiger partial charge in [0.05, 0.1) is 18.1 Å². The number of amides is 1. The quantitative estimate of drug-likeness (QED) is 0.746. The van der Waals surface area contributed by atoms with Crippen molar-refractivity contribution in [3.05, 3.63) is 22.2 Å². The number of nitrogens with one attached hydrogen (secondary N) is 1. The Labute approximate surface area is 102 Å². The number of methoxy groups -OCH3 is 1. The number of halogens is 1. The van der Waals surface area contributed by atoms with Gasteiger partial charge in [-0.3, -0.25) is 4.79 Å². The SMILES string of the molecule is COc1cc(CNCC(N)=O)cc(Br)c1O. The number of primary amides is 1. The van der Waals surface area contributed by atoms with Crippen molar-refractivity contribution in [2.45, 2.75) is 6.54 Å². The average molecular weight is 289 g/mol. The van der Waals surface area contributed by atoms with E-state index in [1.165, 1.54) is 7.11 Å². The summed E-state index contributed by atoms with van der Waals surface area (Å²) in [5.41, 5.74) is 5.87. The first-order chi connectivity index (χ1) is 7.54. The van der Waals surface area contributed by atoms with E-state index in [-0.39, 0.29) is 12.3 Å². The third-order valence-corrected chi connectivity index (χ3v) is 2.54. The van der Waals surface area contributed by atoms with Crippen molar-refractivity contribution in [2.24, 2.45) is 5.73 Å². The normalized spacial score (nSPS) is 10.1. The van der Waals surface area contributed by atoms with Crippen molar-refractivity contribution < 1.29 is 14.6 Å². The van der Waals surface area contributed by atoms with Crippen LogP contribution in [0.3, 0.4) is 0 Å². The molecule has 1 rings (SSSR count). The van der Waals surface area contributed by atoms with E-state index in [0.29, 0.717) is 16.8 Å². The summed E-state index contributed by atoms with van der Waals surface area (Å²) in [6, 6.07) is 3.43. The number of aromatic hydroxyl groups is 1. The molecule has 0 spiro atoms. The molecule has 0 aliphatic heterocycles. The molecule has 0 aromatic heterocycles. The molecule has 1 aromatic carbocycles. The highest BCUT2D eigenvalue weighted by Crippen LogP contribution is 2.35. The molecule has 0 radical (unpaired) electrons. The van der Waals surface area contributed by atoms with Crippen LogP contribution in [0.15, 0.2) is 16.6 Å². The summed E-state index contributed by atoms with van der Waals surface area (Å²) in [5.74, 6) is 0.0243. The molecule has 0 fully saturated rings. The van der Waals surface area contributed by atoms with E-state index in [2.05, 4.69) is 21.2 Å². The summed E-state index contributed by atoms with van der Waals surface area (Å²) >= 11 is 3.21. The van der Waals surface area contributed by atoms with Crippen LogP contribution < -0.4 is 15.8 Å². The fraction of sp³-hybridized carbons (Fsp3) is 0.300. The third-order valence-electron chi connectivity index (χ3n) is 1.94. The van der Waals surface area contributed by atoms with Gasteiger partial charge in [0.1, 0.15) is 0 Å². The number of rotatable bonds is 5. The van der Waals surface area contributed by atoms with Crippen LogP contribution in [0.25, 0.3) is 0 Å². The maximum Gasteiger partial charge on any atom is 0.231 e. The van der Waals surface area contributed by atoms with Crippen molar-refractivity contribution in [1.29, 1.82) is 0 Å². The topological polar surface area (TPSA) is 84.6 Å². The second-order valence-corrected chi connectivity index (χ2v) is 4.05. The number of phenolic OH excluding ortho intramolecular Hbond substituents is 1. The van der Waals surface area contributed by atoms with Gasteiger partial charge >= 0.3 is 0 Å². The standard InChI is InChI=1S/C10H13BrN2O3/c1-16-8-3-6(2-7(11)10(8)15)4-13-5-9(12)14/h2-3,13,15H,4-5H2,1H3,(H2,12,14). The smallest absolute Gasteiger partial charge is 0.231 e. The van der Waals surface area contributed by atoms with Gasteiger partial charge in [0.15, 0.2) is 11.5 Å². The fourth-order valence-corrected chi connectivity index (χ4v) is 1.70. The minimum atomic E-state index is -0.412. The van der Waals surface area contributed by atoms with E-state index in [4.69, 9.17) is 10.5 Å². The summed E-state index contributed by atoms with van der Waals surface area (Å²) in [6.07, 6.45) is 0. The van der Waals surface area contributed by atoms with Gasteiger partial charge in [-0.1, -0.05) is 0 Å². The maximum atomic E-state index is 10.5. The average Bonchev–Trinajstić information content (AvgIpc) is 2.22. The number of phenols is 1. The van der Waals surface area contributed by atoms with Crippen LogP contribution in [0.4, 0.5) is 0 Å². The molecule has 1 amide bonds. The molecule has 6 heteroatoms. The molecule has 4 N–H and O–H groups in total. The summed E-state index contributed by atoms with van der Waals surface area (Å²) in [6.45, 7) is 0.582. The largest absolute Gasteiger partial charge is 0.503 e. The van der Waals surface area contributed by atoms with Crippen LogP contribution in [0.1, 0.15) is 5.56 Å². The first-order valence-corrected chi connectivity index (χ1v) is 5.38. The number of nitrogens with two attached hydrogens (primary N) is 1. The Bertz CT molecular complexity index is 396. The Morgan fingerprint density at radius 3 is 2.88 bits per heavy atom. The van der Waals surface area contributed by atoms with Gasteiger partial charge in [0.25, 0.3) is 0 Å². The number of carbonyl (C=O) groups excluding carboxylic acids is 1. The first-order valence-electron chi connectivity index (χ1n) is 4.59. The van der Waals surface area contributed by atoms with Gasteiger partial charge < -0.3 is 20.9 Å². The zero-order valence-corrected chi connectivity index (χ0v) is 10.4. The summed E-state index contributed by atoms with van der Waals surface area (Å²) < 4.78 is 5.54. The second-order valence-electron chi connectivity index (χ2n) is 3.20. The van der Waals surface area contributed by atoms with Gasteiger partial charge in [-0.15, -0.1) is 0 Å². The highest BCUT2D eigenvalue weighted by molar-refractivity contribution is 9.10. The van der Waals surface area contributed by atoms with Crippen molar-refractivity contribution in [3.8, 4) is 11.5 Å². The molecule has 1 aromatic rings. The van der Waals surface area contributed by atoms with E-state index in [0.717, 1.165) is 5.56 Å². The molecule has 0 heterocycles. The van der Waals surface area contributed by atoms with Crippen molar-refractivity contribution in [1.82, 2.24) is 5.32 Å². The van der Waals surface area contributed by atoms with Gasteiger partial charge in [-0.2, -0.15) is 0 Å². The summed E-state index contributed by atoms with van der Waals surface area (Å²) in [4.78, 5) is 10.5. The Balaban J connectivity index is 2.74. The van der Waals surface area contributed by atoms with E-state index < -0.39 is 5.91 Å². The Morgan fingerprint density at radius 2 is 2.31 bits per heavy atom. The zero-order valence-electron chi connectivity index (χ0n) is 8.79. The number of hydrogen-bond acceptors (Lipinski definition) is 4. The van der Waals surface area contributed by atoms with Gasteiger partial charge in [0.2, 0.25) is 5.91 Å². The number of hydrogen-bond donors (Lipinski definition) is 3. The van der Waals surface area contributed by atoms with Crippen LogP contribution in [-0.2, 0) is 11.3 Å². The van der Waals surface area contributed by atoms with Crippen LogP contribution in [0, 0.1) is 0 Å². The minimum Gasteiger partial charge on any atom is -0.503 e. The second kappa shape index (κ2) is 5.72. The summed E-state index contributed by atoms with van der Waals surface area (Å²) in [7, 11) is 1.47. The highest BCUT2D eigenvalue weighted by atomic mass is 79.9. The molecule has 5 nitrogen and oxygen atoms in total. The van der Waals surface area contributed by atoms with Gasteiger partial charge in [0, 0.05) is 6.54 Å². The van der Waals surface area contributed by atoms with Crippen molar-refractivity contribution >= 4 is 21.8 Å². The van der Waals surface area contributed by atoms with Crippen LogP contribution in [-0.4, -0.2) is 24.7 Å². The van der Waals surface area contributed by atoms with E-state index in [9.17, 15) is 9.90 Å². The molecule has 0 atom stereocenters. The van der Waals surface area contributed by atoms with Crippen LogP contribution in [0.2, 0.25) is 0 Å². The Morgan fingerprint density at radius 1 is 1.62 bits per heavy atom. The molecule has 0 bridgehead atoms. The number of carbonyl (C=O) groups is 1. The molecule has 88 valence electrons. The van der Waals surface area contributed by atoms with E-state index >= 15 is 0 Å². The summed E-state index contributed by atoms with van der Waals surface area (Å²) in [5, 5.41) is 12.4. The van der Waals surface area contributed by atoms with Crippen LogP contribution in [0.5, 0.6) is 11.5 Å². The lowest BCUT2D eigenvalue weighted by Crippen LogP contribution is -2.28. The van der Waals surface area contributed by atoms with Gasteiger partial charge in [-0.05, 0) is 33.6 Å². The molecular formula is C10H13BrN2O3. The third kappa shape index (κ3) is 3.39. The van der Waals surface area contributed by atoms with Crippen molar-refractivity contribution in [3.63, 3.8) is 0 Å². The zero-order chi connectivity index (χ0) is 12.1. The Kier molecular flexibility index (Phi) is 4.57. The predicted molar refractivity (Wildman–Crippen MR) is 63.3 cm³/mol. The minimum absolute atomic E-state index is 0.0566. The molecule has 0 unspecified atom stereocenters. The molecule has 0 aliphatic carbocycles. The molecule has 0 aliphatic rings. The predicted octanol–water partition coefficient (Wildman–Crippen LogP) is 0.738. The molecular weight excluding hydrogens is 276 g/mol. The number of ether oxygens (including phenoxy) is 1. The lowest BCUT2D eigenvalue weighted by atomic mass is 10.2. The lowest BCUT2D eigenvalue weighted by molar-refractivity contribution is -0.117. The monoisotopic (exact) mass is 288 g/mol. The Hall–Kier alpha value is -1.27. The molecule has 0 saturated heterocycles. The number of benzene rings is 1. The fourth-order valence-electron chi connectivity index (χ4n) is 1.21. The van der Waals surface area contributed by atoms with Crippen molar-refractivity contribution in [2.75, 3.05) is 13.7 Å². The molecule has 16 heavy (non-hydrogen) atoms. The first kappa shape index (κ1) is 12.8. The van der Waals surface area contributed by atoms with Gasteiger partial charge in [-0.25, -0.2) is 0 Å². The molecule has 0 saturated carbocycles.